The SMILES string of the molecule is CCCCCCCc1ccc(C(=O)Nc2ccc(NC(=O)c3ccc(NC(=O)c4ccc(CC)cc4)cc3)cc2)cc1. The molecule has 6 nitrogen and oxygen atoms in total. The number of nitrogens with one attached hydrogen (secondary N) is 3. The molecule has 0 unspecified atom stereocenters. The maximum Gasteiger partial charge on any atom is 0.255 e. The third-order valence-corrected chi connectivity index (χ3v) is 7.22. The molecule has 0 aliphatic heterocycles. The van der Waals surface area contributed by atoms with E-state index < -0.39 is 0 Å². The van der Waals surface area contributed by atoms with Gasteiger partial charge in [0.25, 0.3) is 17.7 Å². The van der Waals surface area contributed by atoms with Crippen LogP contribution in [-0.2, 0) is 12.8 Å². The van der Waals surface area contributed by atoms with Gasteiger partial charge in [0.2, 0.25) is 0 Å². The minimum absolute atomic E-state index is 0.175. The van der Waals surface area contributed by atoms with Crippen molar-refractivity contribution in [3.63, 3.8) is 0 Å². The second-order valence-corrected chi connectivity index (χ2v) is 10.4. The van der Waals surface area contributed by atoms with Crippen LogP contribution in [0, 0.1) is 0 Å². The molecule has 0 aromatic heterocycles. The molecule has 216 valence electrons. The van der Waals surface area contributed by atoms with Crippen molar-refractivity contribution in [2.45, 2.75) is 58.8 Å². The first-order valence-corrected chi connectivity index (χ1v) is 14.8. The molecule has 0 atom stereocenters. The Morgan fingerprint density at radius 3 is 1.21 bits per heavy atom. The maximum absolute atomic E-state index is 12.7. The number of carbonyl (C=O) groups is 3. The summed E-state index contributed by atoms with van der Waals surface area (Å²) in [7, 11) is 0. The molecule has 3 amide bonds. The second-order valence-electron chi connectivity index (χ2n) is 10.4. The predicted molar refractivity (Wildman–Crippen MR) is 171 cm³/mol. The first-order valence-electron chi connectivity index (χ1n) is 14.8. The summed E-state index contributed by atoms with van der Waals surface area (Å²) in [5.41, 5.74) is 5.92. The molecule has 0 saturated heterocycles. The van der Waals surface area contributed by atoms with Gasteiger partial charge in [0.15, 0.2) is 0 Å². The number of hydrogen-bond donors (Lipinski definition) is 3. The number of unbranched alkanes of at least 4 members (excludes halogenated alkanes) is 4. The third kappa shape index (κ3) is 8.90. The quantitative estimate of drug-likeness (QED) is 0.143. The van der Waals surface area contributed by atoms with Gasteiger partial charge in [-0.1, -0.05) is 63.8 Å². The van der Waals surface area contributed by atoms with Gasteiger partial charge in [-0.05, 0) is 103 Å². The standard InChI is InChI=1S/C36H39N3O3/c1-3-5-6-7-8-9-27-12-16-29(17-13-27)35(41)38-32-22-24-33(25-23-32)39-36(42)30-18-20-31(21-19-30)37-34(40)28-14-10-26(4-2)11-15-28/h10-25H,3-9H2,1-2H3,(H,37,40)(H,38,41)(H,39,42). The molecule has 3 N–H and O–H groups in total. The number of rotatable bonds is 13. The van der Waals surface area contributed by atoms with Crippen molar-refractivity contribution in [1.29, 1.82) is 0 Å². The van der Waals surface area contributed by atoms with E-state index in [0.717, 1.165) is 12.8 Å². The molecule has 0 fully saturated rings. The van der Waals surface area contributed by atoms with E-state index >= 15 is 0 Å². The Labute approximate surface area is 248 Å². The van der Waals surface area contributed by atoms with E-state index in [4.69, 9.17) is 0 Å². The Kier molecular flexibility index (Phi) is 11.0. The predicted octanol–water partition coefficient (Wildman–Crippen LogP) is 8.52. The minimum atomic E-state index is -0.273. The van der Waals surface area contributed by atoms with E-state index in [2.05, 4.69) is 29.8 Å². The summed E-state index contributed by atoms with van der Waals surface area (Å²) in [6.45, 7) is 4.29. The van der Waals surface area contributed by atoms with Crippen LogP contribution in [0.25, 0.3) is 0 Å². The summed E-state index contributed by atoms with van der Waals surface area (Å²) in [4.78, 5) is 38.0. The van der Waals surface area contributed by atoms with Crippen molar-refractivity contribution >= 4 is 34.8 Å². The summed E-state index contributed by atoms with van der Waals surface area (Å²) >= 11 is 0. The van der Waals surface area contributed by atoms with Crippen LogP contribution in [0.1, 0.15) is 88.2 Å². The molecule has 0 radical (unpaired) electrons. The van der Waals surface area contributed by atoms with Crippen molar-refractivity contribution in [3.8, 4) is 0 Å². The maximum atomic E-state index is 12.7. The molecule has 6 heteroatoms. The number of aryl methyl sites for hydroxylation is 2. The first-order chi connectivity index (χ1) is 20.4. The van der Waals surface area contributed by atoms with Gasteiger partial charge in [-0.2, -0.15) is 0 Å². The van der Waals surface area contributed by atoms with Gasteiger partial charge in [-0.25, -0.2) is 0 Å². The highest BCUT2D eigenvalue weighted by Crippen LogP contribution is 2.18. The molecule has 0 saturated carbocycles. The van der Waals surface area contributed by atoms with Gasteiger partial charge in [-0.3, -0.25) is 14.4 Å². The molecule has 0 heterocycles. The number of hydrogen-bond acceptors (Lipinski definition) is 3. The number of anilines is 3. The Bertz CT molecular complexity index is 1460. The lowest BCUT2D eigenvalue weighted by Crippen LogP contribution is -2.14. The van der Waals surface area contributed by atoms with Gasteiger partial charge in [0.05, 0.1) is 0 Å². The smallest absolute Gasteiger partial charge is 0.255 e. The summed E-state index contributed by atoms with van der Waals surface area (Å²) < 4.78 is 0. The molecule has 0 aliphatic carbocycles. The molecule has 4 aromatic carbocycles. The van der Waals surface area contributed by atoms with E-state index in [1.54, 1.807) is 60.7 Å². The highest BCUT2D eigenvalue weighted by Gasteiger charge is 2.10. The Morgan fingerprint density at radius 2 is 0.810 bits per heavy atom. The fourth-order valence-electron chi connectivity index (χ4n) is 4.60. The van der Waals surface area contributed by atoms with Gasteiger partial charge in [0.1, 0.15) is 0 Å². The van der Waals surface area contributed by atoms with E-state index in [9.17, 15) is 14.4 Å². The molecular weight excluding hydrogens is 522 g/mol. The van der Waals surface area contributed by atoms with Crippen LogP contribution in [0.3, 0.4) is 0 Å². The lowest BCUT2D eigenvalue weighted by atomic mass is 10.0. The molecule has 42 heavy (non-hydrogen) atoms. The number of carbonyl (C=O) groups excluding carboxylic acids is 3. The fraction of sp³-hybridized carbons (Fsp3) is 0.250. The topological polar surface area (TPSA) is 87.3 Å². The van der Waals surface area contributed by atoms with Gasteiger partial charge >= 0.3 is 0 Å². The highest BCUT2D eigenvalue weighted by atomic mass is 16.2. The zero-order valence-electron chi connectivity index (χ0n) is 24.4. The van der Waals surface area contributed by atoms with E-state index in [-0.39, 0.29) is 17.7 Å². The average molecular weight is 562 g/mol. The fourth-order valence-corrected chi connectivity index (χ4v) is 4.60. The van der Waals surface area contributed by atoms with Crippen LogP contribution in [-0.4, -0.2) is 17.7 Å². The Morgan fingerprint density at radius 1 is 0.452 bits per heavy atom. The first kappa shape index (κ1) is 30.3. The second kappa shape index (κ2) is 15.3. The van der Waals surface area contributed by atoms with Crippen LogP contribution in [0.4, 0.5) is 17.1 Å². The van der Waals surface area contributed by atoms with Crippen LogP contribution in [0.2, 0.25) is 0 Å². The number of benzene rings is 4. The summed E-state index contributed by atoms with van der Waals surface area (Å²) in [5, 5.41) is 8.63. The summed E-state index contributed by atoms with van der Waals surface area (Å²) in [6.07, 6.45) is 8.18. The zero-order chi connectivity index (χ0) is 29.7. The van der Waals surface area contributed by atoms with Gasteiger partial charge in [-0.15, -0.1) is 0 Å². The normalized spacial score (nSPS) is 10.6. The van der Waals surface area contributed by atoms with Crippen molar-refractivity contribution in [1.82, 2.24) is 0 Å². The molecular formula is C36H39N3O3. The third-order valence-electron chi connectivity index (χ3n) is 7.22. The van der Waals surface area contributed by atoms with E-state index in [0.29, 0.717) is 33.8 Å². The number of amides is 3. The highest BCUT2D eigenvalue weighted by molar-refractivity contribution is 6.07. The van der Waals surface area contributed by atoms with Crippen LogP contribution in [0.15, 0.2) is 97.1 Å². The van der Waals surface area contributed by atoms with Crippen molar-refractivity contribution in [3.05, 3.63) is 125 Å². The lowest BCUT2D eigenvalue weighted by molar-refractivity contribution is 0.101. The van der Waals surface area contributed by atoms with Gasteiger partial charge < -0.3 is 16.0 Å². The zero-order valence-corrected chi connectivity index (χ0v) is 24.4. The Balaban J connectivity index is 1.25. The van der Waals surface area contributed by atoms with Crippen molar-refractivity contribution in [2.75, 3.05) is 16.0 Å². The average Bonchev–Trinajstić information content (AvgIpc) is 3.02. The van der Waals surface area contributed by atoms with Crippen LogP contribution < -0.4 is 16.0 Å². The summed E-state index contributed by atoms with van der Waals surface area (Å²) in [5.74, 6) is -0.649. The molecule has 4 rings (SSSR count). The van der Waals surface area contributed by atoms with E-state index in [1.165, 1.54) is 43.2 Å². The minimum Gasteiger partial charge on any atom is -0.322 e. The van der Waals surface area contributed by atoms with Crippen LogP contribution >= 0.6 is 0 Å². The van der Waals surface area contributed by atoms with Gasteiger partial charge in [0, 0.05) is 33.8 Å². The van der Waals surface area contributed by atoms with Crippen molar-refractivity contribution in [2.24, 2.45) is 0 Å². The molecule has 0 bridgehead atoms. The largest absolute Gasteiger partial charge is 0.322 e. The molecule has 0 spiro atoms. The van der Waals surface area contributed by atoms with Crippen molar-refractivity contribution < 1.29 is 14.4 Å². The van der Waals surface area contributed by atoms with E-state index in [1.807, 2.05) is 36.4 Å². The monoisotopic (exact) mass is 561 g/mol. The summed E-state index contributed by atoms with van der Waals surface area (Å²) in [6, 6.07) is 29.0. The lowest BCUT2D eigenvalue weighted by Gasteiger charge is -2.10. The molecule has 4 aromatic rings. The molecule has 0 aliphatic rings. The van der Waals surface area contributed by atoms with Crippen LogP contribution in [0.5, 0.6) is 0 Å². The Hall–Kier alpha value is -4.71.